The molecule has 1 amide bonds. The highest BCUT2D eigenvalue weighted by Gasteiger charge is 2.19. The van der Waals surface area contributed by atoms with Gasteiger partial charge in [-0.25, -0.2) is 8.42 Å². The predicted octanol–water partition coefficient (Wildman–Crippen LogP) is 2.97. The molecule has 0 radical (unpaired) electrons. The summed E-state index contributed by atoms with van der Waals surface area (Å²) in [5, 5.41) is 3.09. The summed E-state index contributed by atoms with van der Waals surface area (Å²) in [4.78, 5) is 11.9. The molecule has 1 aromatic carbocycles. The van der Waals surface area contributed by atoms with E-state index in [0.717, 1.165) is 12.8 Å². The lowest BCUT2D eigenvalue weighted by molar-refractivity contribution is -0.118. The third-order valence-electron chi connectivity index (χ3n) is 4.04. The van der Waals surface area contributed by atoms with Crippen LogP contribution in [-0.2, 0) is 19.4 Å². The van der Waals surface area contributed by atoms with Crippen LogP contribution in [0.1, 0.15) is 38.5 Å². The molecule has 0 heterocycles. The van der Waals surface area contributed by atoms with Crippen LogP contribution in [0.3, 0.4) is 0 Å². The van der Waals surface area contributed by atoms with Crippen LogP contribution in [0.5, 0.6) is 0 Å². The van der Waals surface area contributed by atoms with Crippen molar-refractivity contribution in [3.8, 4) is 0 Å². The Hall–Kier alpha value is -1.11. The number of amides is 1. The molecule has 1 saturated carbocycles. The standard InChI is InChI=1S/C17H24ClNO4S/c18-14-7-9-16(10-8-14)24(21,22)13-17(20)19-11-4-12-23-15-5-2-1-3-6-15/h7-10,15H,1-6,11-13H2,(H,19,20). The summed E-state index contributed by atoms with van der Waals surface area (Å²) in [5.74, 6) is -1.06. The Labute approximate surface area is 148 Å². The van der Waals surface area contributed by atoms with Gasteiger partial charge in [-0.15, -0.1) is 0 Å². The molecule has 2 rings (SSSR count). The van der Waals surface area contributed by atoms with Gasteiger partial charge in [0.15, 0.2) is 9.84 Å². The van der Waals surface area contributed by atoms with Gasteiger partial charge >= 0.3 is 0 Å². The maximum Gasteiger partial charge on any atom is 0.235 e. The molecule has 0 aliphatic heterocycles. The quantitative estimate of drug-likeness (QED) is 0.711. The summed E-state index contributed by atoms with van der Waals surface area (Å²) in [7, 11) is -3.64. The van der Waals surface area contributed by atoms with Crippen molar-refractivity contribution < 1.29 is 17.9 Å². The lowest BCUT2D eigenvalue weighted by Crippen LogP contribution is -2.31. The highest BCUT2D eigenvalue weighted by molar-refractivity contribution is 7.92. The van der Waals surface area contributed by atoms with Crippen LogP contribution in [0.15, 0.2) is 29.2 Å². The highest BCUT2D eigenvalue weighted by atomic mass is 35.5. The Kier molecular flexibility index (Phi) is 7.52. The molecule has 1 N–H and O–H groups in total. The fourth-order valence-electron chi connectivity index (χ4n) is 2.73. The van der Waals surface area contributed by atoms with Crippen molar-refractivity contribution in [2.45, 2.75) is 49.5 Å². The van der Waals surface area contributed by atoms with E-state index in [2.05, 4.69) is 5.32 Å². The molecule has 0 atom stereocenters. The van der Waals surface area contributed by atoms with Gasteiger partial charge in [0.05, 0.1) is 11.0 Å². The Bertz CT molecular complexity index is 624. The van der Waals surface area contributed by atoms with Gasteiger partial charge < -0.3 is 10.1 Å². The molecule has 0 spiro atoms. The smallest absolute Gasteiger partial charge is 0.235 e. The second-order valence-corrected chi connectivity index (χ2v) is 8.47. The molecular formula is C17H24ClNO4S. The van der Waals surface area contributed by atoms with E-state index in [9.17, 15) is 13.2 Å². The number of hydrogen-bond acceptors (Lipinski definition) is 4. The van der Waals surface area contributed by atoms with Gasteiger partial charge in [-0.1, -0.05) is 30.9 Å². The third-order valence-corrected chi connectivity index (χ3v) is 5.93. The van der Waals surface area contributed by atoms with E-state index < -0.39 is 21.5 Å². The van der Waals surface area contributed by atoms with Crippen molar-refractivity contribution >= 4 is 27.3 Å². The number of nitrogens with one attached hydrogen (secondary N) is 1. The van der Waals surface area contributed by atoms with Gasteiger partial charge in [-0.2, -0.15) is 0 Å². The number of ether oxygens (including phenoxy) is 1. The Morgan fingerprint density at radius 1 is 1.17 bits per heavy atom. The molecule has 1 aliphatic rings. The first-order chi connectivity index (χ1) is 11.5. The first-order valence-corrected chi connectivity index (χ1v) is 10.4. The third kappa shape index (κ3) is 6.42. The molecule has 134 valence electrons. The maximum atomic E-state index is 12.1. The molecule has 1 aromatic rings. The summed E-state index contributed by atoms with van der Waals surface area (Å²) in [6.45, 7) is 1.01. The number of halogens is 1. The molecule has 7 heteroatoms. The van der Waals surface area contributed by atoms with E-state index in [1.165, 1.54) is 43.5 Å². The van der Waals surface area contributed by atoms with Gasteiger partial charge in [0.1, 0.15) is 5.75 Å². The Morgan fingerprint density at radius 3 is 2.50 bits per heavy atom. The molecule has 0 saturated heterocycles. The van der Waals surface area contributed by atoms with Crippen LogP contribution in [0, 0.1) is 0 Å². The minimum atomic E-state index is -3.64. The Morgan fingerprint density at radius 2 is 1.83 bits per heavy atom. The van der Waals surface area contributed by atoms with Crippen molar-refractivity contribution in [1.29, 1.82) is 0 Å². The van der Waals surface area contributed by atoms with Crippen LogP contribution >= 0.6 is 11.6 Å². The second-order valence-electron chi connectivity index (χ2n) is 6.05. The van der Waals surface area contributed by atoms with E-state index in [0.29, 0.717) is 30.7 Å². The van der Waals surface area contributed by atoms with E-state index >= 15 is 0 Å². The van der Waals surface area contributed by atoms with Crippen LogP contribution in [0.2, 0.25) is 5.02 Å². The van der Waals surface area contributed by atoms with Crippen LogP contribution in [0.4, 0.5) is 0 Å². The van der Waals surface area contributed by atoms with Crippen molar-refractivity contribution in [2.24, 2.45) is 0 Å². The number of carbonyl (C=O) groups is 1. The molecule has 0 aromatic heterocycles. The summed E-state index contributed by atoms with van der Waals surface area (Å²) in [6, 6.07) is 5.80. The SMILES string of the molecule is O=C(CS(=O)(=O)c1ccc(Cl)cc1)NCCCOC1CCCCC1. The summed E-state index contributed by atoms with van der Waals surface area (Å²) in [5.41, 5.74) is 0. The summed E-state index contributed by atoms with van der Waals surface area (Å²) >= 11 is 5.74. The van der Waals surface area contributed by atoms with Gasteiger partial charge in [0, 0.05) is 18.2 Å². The highest BCUT2D eigenvalue weighted by Crippen LogP contribution is 2.20. The van der Waals surface area contributed by atoms with E-state index in [1.807, 2.05) is 0 Å². The maximum absolute atomic E-state index is 12.1. The lowest BCUT2D eigenvalue weighted by atomic mass is 9.98. The first-order valence-electron chi connectivity index (χ1n) is 8.34. The van der Waals surface area contributed by atoms with Gasteiger partial charge in [-0.3, -0.25) is 4.79 Å². The van der Waals surface area contributed by atoms with Crippen LogP contribution in [-0.4, -0.2) is 39.3 Å². The minimum absolute atomic E-state index is 0.0997. The van der Waals surface area contributed by atoms with E-state index in [4.69, 9.17) is 16.3 Å². The fraction of sp³-hybridized carbons (Fsp3) is 0.588. The number of carbonyl (C=O) groups excluding carboxylic acids is 1. The van der Waals surface area contributed by atoms with Crippen molar-refractivity contribution in [1.82, 2.24) is 5.32 Å². The topological polar surface area (TPSA) is 72.5 Å². The van der Waals surface area contributed by atoms with Crippen molar-refractivity contribution in [3.05, 3.63) is 29.3 Å². The molecule has 24 heavy (non-hydrogen) atoms. The van der Waals surface area contributed by atoms with Crippen molar-refractivity contribution in [3.63, 3.8) is 0 Å². The zero-order valence-corrected chi connectivity index (χ0v) is 15.2. The first kappa shape index (κ1) is 19.2. The number of sulfone groups is 1. The van der Waals surface area contributed by atoms with Crippen molar-refractivity contribution in [2.75, 3.05) is 18.9 Å². The largest absolute Gasteiger partial charge is 0.378 e. The van der Waals surface area contributed by atoms with E-state index in [-0.39, 0.29) is 4.90 Å². The number of benzene rings is 1. The average molecular weight is 374 g/mol. The predicted molar refractivity (Wildman–Crippen MR) is 94.0 cm³/mol. The monoisotopic (exact) mass is 373 g/mol. The minimum Gasteiger partial charge on any atom is -0.378 e. The zero-order chi connectivity index (χ0) is 17.4. The Balaban J connectivity index is 1.66. The summed E-state index contributed by atoms with van der Waals surface area (Å²) < 4.78 is 30.0. The van der Waals surface area contributed by atoms with Crippen LogP contribution < -0.4 is 5.32 Å². The van der Waals surface area contributed by atoms with Gasteiger partial charge in [0.2, 0.25) is 5.91 Å². The fourth-order valence-corrected chi connectivity index (χ4v) is 4.02. The molecule has 0 unspecified atom stereocenters. The lowest BCUT2D eigenvalue weighted by Gasteiger charge is -2.21. The number of hydrogen-bond donors (Lipinski definition) is 1. The summed E-state index contributed by atoms with van der Waals surface area (Å²) in [6.07, 6.45) is 7.01. The molecule has 0 bridgehead atoms. The molecule has 1 fully saturated rings. The zero-order valence-electron chi connectivity index (χ0n) is 13.7. The second kappa shape index (κ2) is 9.39. The number of rotatable bonds is 8. The molecule has 5 nitrogen and oxygen atoms in total. The molecular weight excluding hydrogens is 350 g/mol. The molecule has 1 aliphatic carbocycles. The normalized spacial score (nSPS) is 16.0. The van der Waals surface area contributed by atoms with Crippen LogP contribution in [0.25, 0.3) is 0 Å². The van der Waals surface area contributed by atoms with E-state index in [1.54, 1.807) is 0 Å². The van der Waals surface area contributed by atoms with Gasteiger partial charge in [-0.05, 0) is 43.5 Å². The van der Waals surface area contributed by atoms with Gasteiger partial charge in [0.25, 0.3) is 0 Å². The average Bonchev–Trinajstić information content (AvgIpc) is 2.55.